The van der Waals surface area contributed by atoms with Gasteiger partial charge in [-0.15, -0.1) is 5.73 Å². The van der Waals surface area contributed by atoms with Gasteiger partial charge in [-0.25, -0.2) is 0 Å². The van der Waals surface area contributed by atoms with Crippen LogP contribution in [0.5, 0.6) is 0 Å². The number of rotatable bonds is 5. The van der Waals surface area contributed by atoms with Gasteiger partial charge in [0.25, 0.3) is 0 Å². The first kappa shape index (κ1) is 10.5. The molecule has 0 aromatic rings. The van der Waals surface area contributed by atoms with Crippen molar-refractivity contribution in [2.45, 2.75) is 46.5 Å². The molecule has 11 heavy (non-hydrogen) atoms. The zero-order valence-corrected chi connectivity index (χ0v) is 8.11. The molecule has 0 atom stereocenters. The lowest BCUT2D eigenvalue weighted by Crippen LogP contribution is -2.00. The first-order valence-electron chi connectivity index (χ1n) is 4.62. The maximum Gasteiger partial charge on any atom is -0.0130 e. The second kappa shape index (κ2) is 6.24. The van der Waals surface area contributed by atoms with E-state index in [2.05, 4.69) is 33.1 Å². The van der Waals surface area contributed by atoms with Gasteiger partial charge in [-0.3, -0.25) is 0 Å². The van der Waals surface area contributed by atoms with E-state index < -0.39 is 0 Å². The monoisotopic (exact) mass is 152 g/mol. The highest BCUT2D eigenvalue weighted by Gasteiger charge is 2.06. The smallest absolute Gasteiger partial charge is 0.0130 e. The maximum atomic E-state index is 3.68. The minimum atomic E-state index is 0.738. The van der Waals surface area contributed by atoms with Gasteiger partial charge in [0.05, 0.1) is 0 Å². The van der Waals surface area contributed by atoms with Crippen molar-refractivity contribution >= 4 is 0 Å². The Morgan fingerprint density at radius 3 is 2.00 bits per heavy atom. The van der Waals surface area contributed by atoms with E-state index in [0.717, 1.165) is 5.92 Å². The summed E-state index contributed by atoms with van der Waals surface area (Å²) in [6, 6.07) is 0. The van der Waals surface area contributed by atoms with Crippen LogP contribution in [-0.4, -0.2) is 0 Å². The fourth-order valence-corrected chi connectivity index (χ4v) is 1.42. The molecule has 0 unspecified atom stereocenters. The highest BCUT2D eigenvalue weighted by molar-refractivity contribution is 5.00. The molecular weight excluding hydrogens is 132 g/mol. The summed E-state index contributed by atoms with van der Waals surface area (Å²) in [6.07, 6.45) is 5.12. The predicted octanol–water partition coefficient (Wildman–Crippen LogP) is 3.93. The molecule has 0 saturated heterocycles. The van der Waals surface area contributed by atoms with Crippen molar-refractivity contribution in [1.82, 2.24) is 0 Å². The summed E-state index contributed by atoms with van der Waals surface area (Å²) in [7, 11) is 0. The topological polar surface area (TPSA) is 0 Å². The van der Waals surface area contributed by atoms with E-state index in [-0.39, 0.29) is 0 Å². The summed E-state index contributed by atoms with van der Waals surface area (Å²) < 4.78 is 0. The molecule has 0 aliphatic heterocycles. The molecule has 0 amide bonds. The first-order valence-corrected chi connectivity index (χ1v) is 4.62. The van der Waals surface area contributed by atoms with Crippen LogP contribution in [0.4, 0.5) is 0 Å². The summed E-state index contributed by atoms with van der Waals surface area (Å²) in [6.45, 7) is 10.3. The first-order chi connectivity index (χ1) is 5.26. The van der Waals surface area contributed by atoms with Crippen molar-refractivity contribution in [3.8, 4) is 0 Å². The molecule has 0 saturated carbocycles. The van der Waals surface area contributed by atoms with E-state index in [4.69, 9.17) is 0 Å². The zero-order chi connectivity index (χ0) is 8.69. The molecule has 0 aromatic heterocycles. The molecule has 0 aliphatic rings. The Balaban J connectivity index is 3.97. The summed E-state index contributed by atoms with van der Waals surface area (Å²) in [5.74, 6) is 0.738. The Morgan fingerprint density at radius 1 is 1.27 bits per heavy atom. The lowest BCUT2D eigenvalue weighted by molar-refractivity contribution is 0.505. The maximum absolute atomic E-state index is 3.68. The summed E-state index contributed by atoms with van der Waals surface area (Å²) in [5, 5.41) is 0. The van der Waals surface area contributed by atoms with Crippen LogP contribution in [0, 0.1) is 5.92 Å². The normalized spacial score (nSPS) is 9.82. The SMILES string of the molecule is C=C=C(C)C(CCC)CCC. The van der Waals surface area contributed by atoms with Crippen LogP contribution in [0.2, 0.25) is 0 Å². The fraction of sp³-hybridized carbons (Fsp3) is 0.727. The molecule has 64 valence electrons. The van der Waals surface area contributed by atoms with Crippen molar-refractivity contribution in [3.05, 3.63) is 17.9 Å². The third-order valence-corrected chi connectivity index (χ3v) is 2.17. The van der Waals surface area contributed by atoms with E-state index in [1.807, 2.05) is 0 Å². The van der Waals surface area contributed by atoms with Crippen molar-refractivity contribution in [2.75, 3.05) is 0 Å². The van der Waals surface area contributed by atoms with E-state index in [1.54, 1.807) is 0 Å². The largest absolute Gasteiger partial charge is 0.130 e. The van der Waals surface area contributed by atoms with Crippen LogP contribution in [0.25, 0.3) is 0 Å². The Labute approximate surface area is 71.0 Å². The van der Waals surface area contributed by atoms with E-state index in [9.17, 15) is 0 Å². The zero-order valence-electron chi connectivity index (χ0n) is 8.11. The van der Waals surface area contributed by atoms with Crippen molar-refractivity contribution in [3.63, 3.8) is 0 Å². The minimum absolute atomic E-state index is 0.738. The highest BCUT2D eigenvalue weighted by atomic mass is 14.1. The summed E-state index contributed by atoms with van der Waals surface area (Å²) >= 11 is 0. The molecule has 0 nitrogen and oxygen atoms in total. The van der Waals surface area contributed by atoms with E-state index >= 15 is 0 Å². The van der Waals surface area contributed by atoms with Gasteiger partial charge >= 0.3 is 0 Å². The van der Waals surface area contributed by atoms with Gasteiger partial charge in [-0.05, 0) is 31.3 Å². The van der Waals surface area contributed by atoms with Gasteiger partial charge in [0.1, 0.15) is 0 Å². The van der Waals surface area contributed by atoms with Crippen LogP contribution >= 0.6 is 0 Å². The van der Waals surface area contributed by atoms with Gasteiger partial charge < -0.3 is 0 Å². The summed E-state index contributed by atoms with van der Waals surface area (Å²) in [5.41, 5.74) is 4.34. The second-order valence-electron chi connectivity index (χ2n) is 3.13. The third-order valence-electron chi connectivity index (χ3n) is 2.17. The molecule has 0 aliphatic carbocycles. The third kappa shape index (κ3) is 4.06. The molecule has 0 heterocycles. The highest BCUT2D eigenvalue weighted by Crippen LogP contribution is 2.20. The van der Waals surface area contributed by atoms with Crippen LogP contribution in [0.1, 0.15) is 46.5 Å². The van der Waals surface area contributed by atoms with Crippen LogP contribution in [0.15, 0.2) is 17.9 Å². The van der Waals surface area contributed by atoms with E-state index in [0.29, 0.717) is 0 Å². The minimum Gasteiger partial charge on any atom is -0.130 e. The van der Waals surface area contributed by atoms with Gasteiger partial charge in [-0.2, -0.15) is 0 Å². The number of hydrogen-bond acceptors (Lipinski definition) is 0. The molecule has 0 radical (unpaired) electrons. The van der Waals surface area contributed by atoms with Crippen molar-refractivity contribution < 1.29 is 0 Å². The summed E-state index contributed by atoms with van der Waals surface area (Å²) in [4.78, 5) is 0. The van der Waals surface area contributed by atoms with Gasteiger partial charge in [0, 0.05) is 0 Å². The van der Waals surface area contributed by atoms with Gasteiger partial charge in [-0.1, -0.05) is 33.3 Å². The fourth-order valence-electron chi connectivity index (χ4n) is 1.42. The Morgan fingerprint density at radius 2 is 1.73 bits per heavy atom. The van der Waals surface area contributed by atoms with Crippen LogP contribution in [-0.2, 0) is 0 Å². The molecule has 0 fully saturated rings. The molecule has 0 bridgehead atoms. The average molecular weight is 152 g/mol. The Bertz CT molecular complexity index is 132. The second-order valence-corrected chi connectivity index (χ2v) is 3.13. The molecule has 0 heteroatoms. The predicted molar refractivity (Wildman–Crippen MR) is 51.6 cm³/mol. The van der Waals surface area contributed by atoms with Crippen LogP contribution < -0.4 is 0 Å². The molecular formula is C11H20. The number of allylic oxidation sites excluding steroid dienone is 1. The molecule has 0 N–H and O–H groups in total. The molecule has 0 rings (SSSR count). The van der Waals surface area contributed by atoms with Gasteiger partial charge in [0.2, 0.25) is 0 Å². The number of hydrogen-bond donors (Lipinski definition) is 0. The van der Waals surface area contributed by atoms with Crippen molar-refractivity contribution in [2.24, 2.45) is 5.92 Å². The average Bonchev–Trinajstić information content (AvgIpc) is 2.03. The standard InChI is InChI=1S/C11H20/c1-5-8-11(9-6-2)10(4)7-3/h11H,3,5-6,8-9H2,1-2,4H3. The Kier molecular flexibility index (Phi) is 5.97. The van der Waals surface area contributed by atoms with Crippen LogP contribution in [0.3, 0.4) is 0 Å². The quantitative estimate of drug-likeness (QED) is 0.523. The van der Waals surface area contributed by atoms with Gasteiger partial charge in [0.15, 0.2) is 0 Å². The lowest BCUT2D eigenvalue weighted by atomic mass is 9.92. The lowest BCUT2D eigenvalue weighted by Gasteiger charge is -2.13. The molecule has 0 spiro atoms. The molecule has 0 aromatic carbocycles. The Hall–Kier alpha value is -0.480. The van der Waals surface area contributed by atoms with E-state index in [1.165, 1.54) is 31.3 Å². The van der Waals surface area contributed by atoms with Crippen molar-refractivity contribution in [1.29, 1.82) is 0 Å².